The van der Waals surface area contributed by atoms with Crippen molar-refractivity contribution in [1.82, 2.24) is 9.80 Å². The number of ether oxygens (including phenoxy) is 1. The minimum absolute atomic E-state index is 0.00510. The molecule has 8 heteroatoms. The highest BCUT2D eigenvalue weighted by atomic mass is 35.5. The molecule has 0 spiro atoms. The maximum Gasteiger partial charge on any atom is 0.307 e. The van der Waals surface area contributed by atoms with E-state index < -0.39 is 5.41 Å². The first kappa shape index (κ1) is 44.1. The molecular weight excluding hydrogens is 708 g/mol. The Bertz CT molecular complexity index is 1600. The predicted molar refractivity (Wildman–Crippen MR) is 222 cm³/mol. The maximum absolute atomic E-state index is 14.0. The summed E-state index contributed by atoms with van der Waals surface area (Å²) in [7, 11) is 7.45. The Morgan fingerprint density at radius 3 is 2.35 bits per heavy atom. The van der Waals surface area contributed by atoms with Gasteiger partial charge in [-0.3, -0.25) is 9.59 Å². The molecule has 55 heavy (non-hydrogen) atoms. The van der Waals surface area contributed by atoms with Crippen LogP contribution in [0.15, 0.2) is 29.3 Å². The van der Waals surface area contributed by atoms with E-state index in [1.165, 1.54) is 48.8 Å². The number of benzene rings is 1. The van der Waals surface area contributed by atoms with Crippen molar-refractivity contribution in [2.24, 2.45) is 57.2 Å². The van der Waals surface area contributed by atoms with Gasteiger partial charge >= 0.3 is 5.97 Å². The van der Waals surface area contributed by atoms with E-state index in [1.807, 2.05) is 19.9 Å². The third-order valence-electron chi connectivity index (χ3n) is 15.3. The van der Waals surface area contributed by atoms with Crippen molar-refractivity contribution in [3.63, 3.8) is 0 Å². The summed E-state index contributed by atoms with van der Waals surface area (Å²) in [5.74, 6) is 3.47. The van der Waals surface area contributed by atoms with Gasteiger partial charge in [-0.15, -0.1) is 0 Å². The molecule has 4 saturated carbocycles. The van der Waals surface area contributed by atoms with Gasteiger partial charge < -0.3 is 24.4 Å². The summed E-state index contributed by atoms with van der Waals surface area (Å²) in [5, 5.41) is 7.79. The predicted octanol–water partition coefficient (Wildman–Crippen LogP) is 9.56. The average Bonchev–Trinajstić information content (AvgIpc) is 3.42. The molecule has 0 radical (unpaired) electrons. The first-order chi connectivity index (χ1) is 25.8. The van der Waals surface area contributed by atoms with Gasteiger partial charge in [-0.1, -0.05) is 71.7 Å². The molecule has 1 aromatic rings. The Hall–Kier alpha value is -2.06. The molecule has 1 N–H and O–H groups in total. The van der Waals surface area contributed by atoms with Crippen LogP contribution in [-0.2, 0) is 32.2 Å². The lowest BCUT2D eigenvalue weighted by Gasteiger charge is -2.65. The highest BCUT2D eigenvalue weighted by Crippen LogP contribution is 2.69. The van der Waals surface area contributed by atoms with E-state index in [9.17, 15) is 14.4 Å². The number of ketones is 1. The minimum Gasteiger partial charge on any atom is -0.462 e. The zero-order chi connectivity index (χ0) is 40.7. The van der Waals surface area contributed by atoms with Gasteiger partial charge in [0.2, 0.25) is 0 Å². The van der Waals surface area contributed by atoms with Crippen LogP contribution in [0.25, 0.3) is 0 Å². The van der Waals surface area contributed by atoms with Crippen LogP contribution in [0, 0.1) is 57.2 Å². The third-order valence-corrected chi connectivity index (χ3v) is 15.5. The number of halogens is 1. The number of hydrogen-bond donors (Lipinski definition) is 1. The fraction of sp³-hybridized carbons (Fsp3) is 0.766. The van der Waals surface area contributed by atoms with E-state index in [-0.39, 0.29) is 40.7 Å². The number of rotatable bonds is 12. The van der Waals surface area contributed by atoms with Gasteiger partial charge in [0.05, 0.1) is 6.42 Å². The summed E-state index contributed by atoms with van der Waals surface area (Å²) in [6, 6.07) is 6.31. The van der Waals surface area contributed by atoms with Crippen LogP contribution < -0.4 is 0 Å². The molecule has 6 rings (SSSR count). The normalized spacial score (nSPS) is 32.7. The molecule has 308 valence electrons. The molecule has 5 aliphatic carbocycles. The van der Waals surface area contributed by atoms with Gasteiger partial charge in [-0.05, 0) is 155 Å². The molecule has 0 amide bonds. The monoisotopic (exact) mass is 781 g/mol. The number of carbonyl (C=O) groups excluding carboxylic acids is 3. The first-order valence-electron chi connectivity index (χ1n) is 21.3. The number of esters is 1. The molecule has 0 bridgehead atoms. The van der Waals surface area contributed by atoms with Crippen LogP contribution in [0.5, 0.6) is 0 Å². The molecule has 8 atom stereocenters. The van der Waals surface area contributed by atoms with E-state index in [4.69, 9.17) is 21.4 Å². The fourth-order valence-corrected chi connectivity index (χ4v) is 13.2. The zero-order valence-corrected chi connectivity index (χ0v) is 36.9. The Kier molecular flexibility index (Phi) is 13.6. The van der Waals surface area contributed by atoms with E-state index in [1.54, 1.807) is 5.57 Å². The second-order valence-electron chi connectivity index (χ2n) is 20.4. The second kappa shape index (κ2) is 17.0. The van der Waals surface area contributed by atoms with Crippen molar-refractivity contribution in [1.29, 1.82) is 0 Å². The molecule has 7 nitrogen and oxygen atoms in total. The van der Waals surface area contributed by atoms with Crippen molar-refractivity contribution >= 4 is 29.6 Å². The fourth-order valence-electron chi connectivity index (χ4n) is 13.0. The SMILES string of the molecule is CC(C)C1=C2C3CCC4C(CCC5C(C)(C)C(OC(=O)CC(C)(C)C=O)CCC45C)C3CCC2(CCN(C)Cc2ccc(Cl)cc2CN(C)C)CC1=O.CO. The van der Waals surface area contributed by atoms with Crippen LogP contribution in [-0.4, -0.2) is 73.8 Å². The minimum atomic E-state index is -0.698. The number of nitrogens with zero attached hydrogens (tertiary/aromatic N) is 2. The van der Waals surface area contributed by atoms with Crippen LogP contribution in [0.4, 0.5) is 0 Å². The van der Waals surface area contributed by atoms with Crippen LogP contribution in [0.2, 0.25) is 5.02 Å². The Morgan fingerprint density at radius 2 is 1.69 bits per heavy atom. The summed E-state index contributed by atoms with van der Waals surface area (Å²) < 4.78 is 6.21. The van der Waals surface area contributed by atoms with Gasteiger partial charge in [-0.25, -0.2) is 0 Å². The smallest absolute Gasteiger partial charge is 0.307 e. The summed E-state index contributed by atoms with van der Waals surface area (Å²) in [5.41, 5.74) is 4.78. The average molecular weight is 782 g/mol. The molecule has 8 unspecified atom stereocenters. The van der Waals surface area contributed by atoms with Crippen LogP contribution in [0.3, 0.4) is 0 Å². The lowest BCUT2D eigenvalue weighted by atomic mass is 9.40. The van der Waals surface area contributed by atoms with Gasteiger partial charge in [0, 0.05) is 47.9 Å². The van der Waals surface area contributed by atoms with E-state index in [2.05, 4.69) is 77.7 Å². The van der Waals surface area contributed by atoms with Gasteiger partial charge in [0.15, 0.2) is 5.78 Å². The van der Waals surface area contributed by atoms with Crippen molar-refractivity contribution in [2.45, 2.75) is 138 Å². The molecule has 0 aromatic heterocycles. The standard InChI is InChI=1S/C46H69ClN2O4.CH4O/c1-29(2)41-37(51)24-46(21-22-49(10)27-30-11-12-32(47)23-31(30)26-48(8)9)20-17-33-34-14-16-38-44(5,6)39(53-40(52)25-43(3,4)28-50)18-19-45(38,7)36(34)15-13-35(33)42(41)46;1-2/h11-12,23,28-29,33-36,38-39H,13-22,24-27H2,1-10H3;2H,1H3. The largest absolute Gasteiger partial charge is 0.462 e. The number of Topliss-reactive ketones (excluding diaryl/α,β-unsaturated/α-hetero) is 1. The molecule has 4 fully saturated rings. The third kappa shape index (κ3) is 8.71. The molecule has 0 saturated heterocycles. The number of fused-ring (bicyclic) bond motifs is 7. The van der Waals surface area contributed by atoms with Gasteiger partial charge in [0.25, 0.3) is 0 Å². The number of aldehydes is 1. The highest BCUT2D eigenvalue weighted by Gasteiger charge is 2.63. The van der Waals surface area contributed by atoms with Crippen molar-refractivity contribution in [2.75, 3.05) is 34.8 Å². The number of aliphatic hydroxyl groups is 1. The maximum atomic E-state index is 14.0. The van der Waals surface area contributed by atoms with Gasteiger partial charge in [-0.2, -0.15) is 0 Å². The van der Waals surface area contributed by atoms with E-state index in [0.29, 0.717) is 41.8 Å². The molecular formula is C47H73ClN2O5. The lowest BCUT2D eigenvalue weighted by molar-refractivity contribution is -0.194. The summed E-state index contributed by atoms with van der Waals surface area (Å²) in [4.78, 5) is 43.2. The van der Waals surface area contributed by atoms with Crippen LogP contribution in [0.1, 0.15) is 130 Å². The number of aliphatic hydroxyl groups excluding tert-OH is 1. The number of carbonyl (C=O) groups is 3. The van der Waals surface area contributed by atoms with Crippen molar-refractivity contribution in [3.8, 4) is 0 Å². The van der Waals surface area contributed by atoms with E-state index >= 15 is 0 Å². The molecule has 5 aliphatic rings. The van der Waals surface area contributed by atoms with Gasteiger partial charge in [0.1, 0.15) is 12.4 Å². The van der Waals surface area contributed by atoms with Crippen molar-refractivity contribution in [3.05, 3.63) is 45.5 Å². The summed E-state index contributed by atoms with van der Waals surface area (Å²) >= 11 is 6.41. The highest BCUT2D eigenvalue weighted by molar-refractivity contribution is 6.30. The Morgan fingerprint density at radius 1 is 0.982 bits per heavy atom. The van der Waals surface area contributed by atoms with Crippen LogP contribution >= 0.6 is 11.6 Å². The quantitative estimate of drug-likeness (QED) is 0.167. The zero-order valence-electron chi connectivity index (χ0n) is 36.1. The lowest BCUT2D eigenvalue weighted by Crippen LogP contribution is -2.59. The molecule has 0 aliphatic heterocycles. The van der Waals surface area contributed by atoms with Crippen molar-refractivity contribution < 1.29 is 24.2 Å². The van der Waals surface area contributed by atoms with E-state index in [0.717, 1.165) is 63.7 Å². The summed E-state index contributed by atoms with van der Waals surface area (Å²) in [6.45, 7) is 18.1. The Balaban J connectivity index is 0.00000285. The summed E-state index contributed by atoms with van der Waals surface area (Å²) in [6.07, 6.45) is 11.8. The molecule has 0 heterocycles. The molecule has 1 aromatic carbocycles. The number of allylic oxidation sites excluding steroid dienone is 2. The first-order valence-corrected chi connectivity index (χ1v) is 21.7. The Labute approximate surface area is 338 Å². The topological polar surface area (TPSA) is 87.2 Å². The second-order valence-corrected chi connectivity index (χ2v) is 20.9. The number of hydrogen-bond acceptors (Lipinski definition) is 7.